The fourth-order valence-electron chi connectivity index (χ4n) is 2.70. The standard InChI is InChI=1S/C17H18BF3O7/c1-2-12(22)7-11-6-10-4-3-5-13(15(10)28-18(11)25)16(24)27-9-26-14(23)8-17(19,20)21/h3-5,11,25H,2,6-9H2,1H3/t11-/m1/s1. The summed E-state index contributed by atoms with van der Waals surface area (Å²) in [5, 5.41) is 10.1. The van der Waals surface area contributed by atoms with Crippen molar-refractivity contribution in [3.63, 3.8) is 0 Å². The first-order valence-electron chi connectivity index (χ1n) is 8.48. The van der Waals surface area contributed by atoms with Gasteiger partial charge in [-0.05, 0) is 18.1 Å². The van der Waals surface area contributed by atoms with Gasteiger partial charge >= 0.3 is 25.2 Å². The summed E-state index contributed by atoms with van der Waals surface area (Å²) < 4.78 is 50.4. The molecule has 1 aliphatic heterocycles. The molecule has 0 aliphatic carbocycles. The molecule has 0 amide bonds. The molecule has 0 bridgehead atoms. The maximum absolute atomic E-state index is 12.1. The molecule has 1 aromatic rings. The second-order valence-electron chi connectivity index (χ2n) is 6.22. The van der Waals surface area contributed by atoms with Gasteiger partial charge in [0.1, 0.15) is 23.5 Å². The molecule has 1 atom stereocenters. The normalized spacial score (nSPS) is 16.0. The van der Waals surface area contributed by atoms with E-state index in [2.05, 4.69) is 9.47 Å². The van der Waals surface area contributed by atoms with Crippen LogP contribution in [0.2, 0.25) is 5.82 Å². The second kappa shape index (κ2) is 9.09. The molecule has 0 unspecified atom stereocenters. The molecule has 1 aliphatic rings. The minimum atomic E-state index is -4.72. The van der Waals surface area contributed by atoms with E-state index in [1.165, 1.54) is 12.1 Å². The van der Waals surface area contributed by atoms with Crippen LogP contribution < -0.4 is 4.65 Å². The maximum Gasteiger partial charge on any atom is 0.526 e. The van der Waals surface area contributed by atoms with Crippen molar-refractivity contribution in [3.05, 3.63) is 29.3 Å². The lowest BCUT2D eigenvalue weighted by molar-refractivity contribution is -0.177. The van der Waals surface area contributed by atoms with Crippen LogP contribution >= 0.6 is 0 Å². The van der Waals surface area contributed by atoms with E-state index in [1.54, 1.807) is 13.0 Å². The Balaban J connectivity index is 2.00. The van der Waals surface area contributed by atoms with Crippen molar-refractivity contribution in [1.29, 1.82) is 0 Å². The summed E-state index contributed by atoms with van der Waals surface area (Å²) >= 11 is 0. The van der Waals surface area contributed by atoms with Crippen LogP contribution in [0.5, 0.6) is 5.75 Å². The first-order chi connectivity index (χ1) is 13.1. The Bertz CT molecular complexity index is 751. The van der Waals surface area contributed by atoms with E-state index >= 15 is 0 Å². The molecule has 0 saturated heterocycles. The van der Waals surface area contributed by atoms with Crippen molar-refractivity contribution in [3.8, 4) is 5.75 Å². The lowest BCUT2D eigenvalue weighted by Gasteiger charge is -2.28. The number of ketones is 1. The smallest absolute Gasteiger partial charge is 0.526 e. The zero-order valence-corrected chi connectivity index (χ0v) is 15.0. The van der Waals surface area contributed by atoms with E-state index in [1.807, 2.05) is 0 Å². The molecule has 7 nitrogen and oxygen atoms in total. The molecule has 0 radical (unpaired) electrons. The highest BCUT2D eigenvalue weighted by molar-refractivity contribution is 6.47. The number of halogens is 3. The monoisotopic (exact) mass is 402 g/mol. The van der Waals surface area contributed by atoms with E-state index in [0.29, 0.717) is 18.4 Å². The van der Waals surface area contributed by atoms with Gasteiger partial charge in [-0.3, -0.25) is 9.59 Å². The third kappa shape index (κ3) is 5.98. The number of Topliss-reactive ketones (excluding diaryl/α,β-unsaturated/α-hetero) is 1. The Kier molecular flexibility index (Phi) is 7.06. The molecule has 11 heteroatoms. The van der Waals surface area contributed by atoms with E-state index in [-0.39, 0.29) is 23.5 Å². The molecule has 1 heterocycles. The molecular weight excluding hydrogens is 384 g/mol. The molecule has 1 aromatic carbocycles. The molecule has 152 valence electrons. The summed E-state index contributed by atoms with van der Waals surface area (Å²) in [7, 11) is -1.30. The zero-order chi connectivity index (χ0) is 20.9. The Labute approximate surface area is 158 Å². The predicted molar refractivity (Wildman–Crippen MR) is 89.5 cm³/mol. The number of benzene rings is 1. The Hall–Kier alpha value is -2.56. The molecule has 0 aromatic heterocycles. The summed E-state index contributed by atoms with van der Waals surface area (Å²) in [4.78, 5) is 34.7. The molecule has 0 fully saturated rings. The van der Waals surface area contributed by atoms with E-state index in [0.717, 1.165) is 0 Å². The minimum absolute atomic E-state index is 0.0349. The van der Waals surface area contributed by atoms with Crippen molar-refractivity contribution >= 4 is 24.8 Å². The van der Waals surface area contributed by atoms with Gasteiger partial charge in [-0.15, -0.1) is 0 Å². The van der Waals surface area contributed by atoms with Gasteiger partial charge in [-0.25, -0.2) is 4.79 Å². The van der Waals surface area contributed by atoms with Gasteiger partial charge in [0.2, 0.25) is 6.79 Å². The first-order valence-corrected chi connectivity index (χ1v) is 8.48. The van der Waals surface area contributed by atoms with Crippen LogP contribution in [0.15, 0.2) is 18.2 Å². The highest BCUT2D eigenvalue weighted by Gasteiger charge is 2.37. The summed E-state index contributed by atoms with van der Waals surface area (Å²) in [6.45, 7) is 0.718. The number of carbonyl (C=O) groups is 3. The van der Waals surface area contributed by atoms with Gasteiger partial charge in [0.15, 0.2) is 0 Å². The summed E-state index contributed by atoms with van der Waals surface area (Å²) in [5.41, 5.74) is 0.492. The van der Waals surface area contributed by atoms with Gasteiger partial charge in [-0.2, -0.15) is 13.2 Å². The van der Waals surface area contributed by atoms with Crippen molar-refractivity contribution in [1.82, 2.24) is 0 Å². The number of fused-ring (bicyclic) bond motifs is 1. The predicted octanol–water partition coefficient (Wildman–Crippen LogP) is 2.45. The lowest BCUT2D eigenvalue weighted by atomic mass is 9.64. The number of carbonyl (C=O) groups excluding carboxylic acids is 3. The van der Waals surface area contributed by atoms with E-state index < -0.39 is 44.3 Å². The topological polar surface area (TPSA) is 99.1 Å². The van der Waals surface area contributed by atoms with Crippen LogP contribution in [0, 0.1) is 0 Å². The highest BCUT2D eigenvalue weighted by Crippen LogP contribution is 2.36. The molecule has 0 saturated carbocycles. The number of esters is 2. The Morgan fingerprint density at radius 3 is 2.64 bits per heavy atom. The second-order valence-corrected chi connectivity index (χ2v) is 6.22. The van der Waals surface area contributed by atoms with Crippen molar-refractivity contribution in [2.45, 2.75) is 44.6 Å². The SMILES string of the molecule is CCC(=O)C[C@H]1Cc2cccc(C(=O)OCOC(=O)CC(F)(F)F)c2OB1O. The van der Waals surface area contributed by atoms with Crippen LogP contribution in [0.1, 0.15) is 42.1 Å². The third-order valence-electron chi connectivity index (χ3n) is 4.08. The summed E-state index contributed by atoms with van der Waals surface area (Å²) in [6.07, 6.45) is -5.77. The van der Waals surface area contributed by atoms with E-state index in [4.69, 9.17) is 4.65 Å². The fraction of sp³-hybridized carbons (Fsp3) is 0.471. The quantitative estimate of drug-likeness (QED) is 0.425. The molecule has 28 heavy (non-hydrogen) atoms. The maximum atomic E-state index is 12.1. The van der Waals surface area contributed by atoms with Crippen LogP contribution in [0.4, 0.5) is 13.2 Å². The molecule has 0 spiro atoms. The van der Waals surface area contributed by atoms with Crippen LogP contribution in [0.25, 0.3) is 0 Å². The Morgan fingerprint density at radius 2 is 2.00 bits per heavy atom. The van der Waals surface area contributed by atoms with Gasteiger partial charge < -0.3 is 19.2 Å². The van der Waals surface area contributed by atoms with Crippen molar-refractivity contribution < 1.29 is 46.7 Å². The van der Waals surface area contributed by atoms with E-state index in [9.17, 15) is 32.6 Å². The zero-order valence-electron chi connectivity index (χ0n) is 15.0. The average Bonchev–Trinajstić information content (AvgIpc) is 2.60. The molecular formula is C17H18BF3O7. The lowest BCUT2D eigenvalue weighted by Crippen LogP contribution is -2.35. The summed E-state index contributed by atoms with van der Waals surface area (Å²) in [6, 6.07) is 4.53. The van der Waals surface area contributed by atoms with Gasteiger partial charge in [0, 0.05) is 18.7 Å². The molecule has 1 N–H and O–H groups in total. The number of hydrogen-bond donors (Lipinski definition) is 1. The Morgan fingerprint density at radius 1 is 1.29 bits per heavy atom. The minimum Gasteiger partial charge on any atom is -0.535 e. The number of hydrogen-bond acceptors (Lipinski definition) is 7. The van der Waals surface area contributed by atoms with Crippen LogP contribution in [0.3, 0.4) is 0 Å². The van der Waals surface area contributed by atoms with Crippen LogP contribution in [-0.2, 0) is 25.5 Å². The van der Waals surface area contributed by atoms with Crippen LogP contribution in [-0.4, -0.2) is 42.8 Å². The van der Waals surface area contributed by atoms with Gasteiger partial charge in [0.05, 0.1) is 0 Å². The number of ether oxygens (including phenoxy) is 2. The number of para-hydroxylation sites is 1. The van der Waals surface area contributed by atoms with Gasteiger partial charge in [0.25, 0.3) is 0 Å². The largest absolute Gasteiger partial charge is 0.535 e. The highest BCUT2D eigenvalue weighted by atomic mass is 19.4. The first kappa shape index (κ1) is 21.7. The number of alkyl halides is 3. The number of rotatable bonds is 7. The fourth-order valence-corrected chi connectivity index (χ4v) is 2.70. The van der Waals surface area contributed by atoms with Crippen molar-refractivity contribution in [2.24, 2.45) is 0 Å². The molecule has 2 rings (SSSR count). The third-order valence-corrected chi connectivity index (χ3v) is 4.08. The van der Waals surface area contributed by atoms with Gasteiger partial charge in [-0.1, -0.05) is 19.1 Å². The summed E-state index contributed by atoms with van der Waals surface area (Å²) in [5.74, 6) is -3.01. The van der Waals surface area contributed by atoms with Crippen molar-refractivity contribution in [2.75, 3.05) is 6.79 Å². The average molecular weight is 402 g/mol.